The van der Waals surface area contributed by atoms with Gasteiger partial charge in [0.1, 0.15) is 10.5 Å². The molecule has 0 spiro atoms. The Hall–Kier alpha value is -0.510. The van der Waals surface area contributed by atoms with Gasteiger partial charge in [0.25, 0.3) is 0 Å². The minimum Gasteiger partial charge on any atom is -0.278 e. The Balaban J connectivity index is 2.13. The van der Waals surface area contributed by atoms with Gasteiger partial charge in [0, 0.05) is 19.8 Å². The average Bonchev–Trinajstić information content (AvgIpc) is 2.38. The van der Waals surface area contributed by atoms with Gasteiger partial charge in [0.15, 0.2) is 0 Å². The Kier molecular flexibility index (Phi) is 2.32. The highest BCUT2D eigenvalue weighted by atomic mass is 32.2. The number of thiol groups is 1. The Morgan fingerprint density at radius 2 is 2.15 bits per heavy atom. The number of rotatable bonds is 0. The first kappa shape index (κ1) is 9.06. The number of amides is 2. The molecule has 0 radical (unpaired) electrons. The van der Waals surface area contributed by atoms with E-state index < -0.39 is 0 Å². The first-order chi connectivity index (χ1) is 6.16. The van der Waals surface area contributed by atoms with E-state index in [4.69, 9.17) is 0 Å². The quantitative estimate of drug-likeness (QED) is 0.411. The standard InChI is InChI=1S/C9H13NO2S/c1-6(11)10-5-8-3-2-7(13-8)4-9(10)12/h7-8H,2-5H2,1H3/p+1. The van der Waals surface area contributed by atoms with Crippen molar-refractivity contribution in [2.75, 3.05) is 6.54 Å². The maximum Gasteiger partial charge on any atom is 0.234 e. The van der Waals surface area contributed by atoms with Crippen LogP contribution in [0, 0.1) is 0 Å². The van der Waals surface area contributed by atoms with Crippen LogP contribution in [-0.2, 0) is 21.4 Å². The molecule has 2 heterocycles. The van der Waals surface area contributed by atoms with Crippen molar-refractivity contribution >= 4 is 23.6 Å². The molecule has 2 saturated heterocycles. The molecule has 0 saturated carbocycles. The fraction of sp³-hybridized carbons (Fsp3) is 0.778. The fourth-order valence-electron chi connectivity index (χ4n) is 2.05. The first-order valence-electron chi connectivity index (χ1n) is 4.67. The summed E-state index contributed by atoms with van der Waals surface area (Å²) in [5, 5.41) is 1.09. The number of hydrogen-bond acceptors (Lipinski definition) is 2. The molecule has 4 heteroatoms. The second-order valence-corrected chi connectivity index (χ2v) is 5.52. The maximum absolute atomic E-state index is 11.5. The molecule has 2 fully saturated rings. The molecule has 0 aromatic heterocycles. The third-order valence-electron chi connectivity index (χ3n) is 2.74. The normalized spacial score (nSPS) is 33.3. The molecule has 0 aromatic rings. The van der Waals surface area contributed by atoms with Crippen molar-refractivity contribution in [1.29, 1.82) is 0 Å². The second kappa shape index (κ2) is 3.33. The lowest BCUT2D eigenvalue weighted by Gasteiger charge is -2.18. The summed E-state index contributed by atoms with van der Waals surface area (Å²) in [4.78, 5) is 24.1. The van der Waals surface area contributed by atoms with Gasteiger partial charge in [0.2, 0.25) is 11.8 Å². The molecule has 2 aliphatic rings. The highest BCUT2D eigenvalue weighted by Gasteiger charge is 2.41. The molecule has 0 N–H and O–H groups in total. The minimum absolute atomic E-state index is 0.0344. The zero-order chi connectivity index (χ0) is 9.42. The van der Waals surface area contributed by atoms with Gasteiger partial charge in [-0.05, 0) is 11.8 Å². The van der Waals surface area contributed by atoms with E-state index in [-0.39, 0.29) is 11.8 Å². The third kappa shape index (κ3) is 1.73. The molecule has 0 aromatic carbocycles. The topological polar surface area (TPSA) is 37.4 Å². The molecular weight excluding hydrogens is 186 g/mol. The lowest BCUT2D eigenvalue weighted by Crippen LogP contribution is -2.39. The summed E-state index contributed by atoms with van der Waals surface area (Å²) >= 11 is 1.39. The Morgan fingerprint density at radius 1 is 1.46 bits per heavy atom. The summed E-state index contributed by atoms with van der Waals surface area (Å²) in [7, 11) is 0. The molecule has 13 heavy (non-hydrogen) atoms. The lowest BCUT2D eigenvalue weighted by molar-refractivity contribution is -0.143. The zero-order valence-electron chi connectivity index (χ0n) is 7.69. The molecule has 2 rings (SSSR count). The van der Waals surface area contributed by atoms with Crippen molar-refractivity contribution < 1.29 is 9.59 Å². The number of carbonyl (C=O) groups excluding carboxylic acids is 2. The van der Waals surface area contributed by atoms with Crippen LogP contribution >= 0.6 is 0 Å². The van der Waals surface area contributed by atoms with Crippen molar-refractivity contribution in [3.8, 4) is 0 Å². The zero-order valence-corrected chi connectivity index (χ0v) is 8.59. The van der Waals surface area contributed by atoms with Crippen LogP contribution in [0.1, 0.15) is 26.2 Å². The second-order valence-electron chi connectivity index (χ2n) is 3.76. The van der Waals surface area contributed by atoms with Crippen LogP contribution in [0.3, 0.4) is 0 Å². The van der Waals surface area contributed by atoms with Crippen LogP contribution in [0.2, 0.25) is 0 Å². The summed E-state index contributed by atoms with van der Waals surface area (Å²) < 4.78 is 0. The predicted octanol–water partition coefficient (Wildman–Crippen LogP) is 0.111. The van der Waals surface area contributed by atoms with E-state index >= 15 is 0 Å². The van der Waals surface area contributed by atoms with E-state index in [0.717, 1.165) is 0 Å². The number of likely N-dealkylation sites (tertiary alicyclic amines) is 1. The van der Waals surface area contributed by atoms with Crippen LogP contribution in [0.15, 0.2) is 0 Å². The number of hydrogen-bond donors (Lipinski definition) is 0. The van der Waals surface area contributed by atoms with E-state index in [2.05, 4.69) is 0 Å². The van der Waals surface area contributed by atoms with Crippen LogP contribution in [0.25, 0.3) is 0 Å². The molecule has 2 atom stereocenters. The highest BCUT2D eigenvalue weighted by molar-refractivity contribution is 7.80. The first-order valence-corrected chi connectivity index (χ1v) is 5.71. The van der Waals surface area contributed by atoms with Crippen LogP contribution in [-0.4, -0.2) is 33.8 Å². The van der Waals surface area contributed by atoms with Crippen LogP contribution in [0.5, 0.6) is 0 Å². The van der Waals surface area contributed by atoms with E-state index in [9.17, 15) is 9.59 Å². The highest BCUT2D eigenvalue weighted by Crippen LogP contribution is 2.27. The van der Waals surface area contributed by atoms with Gasteiger partial charge in [-0.1, -0.05) is 0 Å². The molecule has 2 bridgehead atoms. The van der Waals surface area contributed by atoms with Gasteiger partial charge < -0.3 is 0 Å². The van der Waals surface area contributed by atoms with Crippen LogP contribution in [0.4, 0.5) is 0 Å². The van der Waals surface area contributed by atoms with E-state index in [1.54, 1.807) is 0 Å². The van der Waals surface area contributed by atoms with E-state index in [1.165, 1.54) is 36.4 Å². The number of carbonyl (C=O) groups is 2. The summed E-state index contributed by atoms with van der Waals surface area (Å²) in [6, 6.07) is 0. The minimum atomic E-state index is -0.0900. The summed E-state index contributed by atoms with van der Waals surface area (Å²) in [5.74, 6) is -0.0556. The van der Waals surface area contributed by atoms with Gasteiger partial charge >= 0.3 is 0 Å². The molecule has 2 amide bonds. The number of imide groups is 1. The summed E-state index contributed by atoms with van der Waals surface area (Å²) in [5.41, 5.74) is 0. The Morgan fingerprint density at radius 3 is 2.85 bits per heavy atom. The monoisotopic (exact) mass is 200 g/mol. The molecule has 3 nitrogen and oxygen atoms in total. The van der Waals surface area contributed by atoms with Gasteiger partial charge in [-0.3, -0.25) is 14.5 Å². The molecule has 72 valence electrons. The van der Waals surface area contributed by atoms with Crippen molar-refractivity contribution in [3.05, 3.63) is 0 Å². The van der Waals surface area contributed by atoms with Crippen molar-refractivity contribution in [3.63, 3.8) is 0 Å². The Labute approximate surface area is 81.9 Å². The predicted molar refractivity (Wildman–Crippen MR) is 52.6 cm³/mol. The number of fused-ring (bicyclic) bond motifs is 2. The largest absolute Gasteiger partial charge is 0.278 e. The van der Waals surface area contributed by atoms with Gasteiger partial charge in [-0.2, -0.15) is 0 Å². The lowest BCUT2D eigenvalue weighted by atomic mass is 10.1. The van der Waals surface area contributed by atoms with E-state index in [0.29, 0.717) is 23.5 Å². The SMILES string of the molecule is CC(=O)N1CC2CCC(CC1=O)[SH+]2. The van der Waals surface area contributed by atoms with Gasteiger partial charge in [-0.25, -0.2) is 0 Å². The Bertz CT molecular complexity index is 254. The number of nitrogens with zero attached hydrogens (tertiary/aromatic N) is 1. The average molecular weight is 200 g/mol. The molecule has 2 aliphatic heterocycles. The smallest absolute Gasteiger partial charge is 0.234 e. The van der Waals surface area contributed by atoms with Crippen molar-refractivity contribution in [1.82, 2.24) is 4.90 Å². The van der Waals surface area contributed by atoms with E-state index in [1.807, 2.05) is 0 Å². The molecule has 0 aliphatic carbocycles. The van der Waals surface area contributed by atoms with Gasteiger partial charge in [0.05, 0.1) is 13.0 Å². The maximum atomic E-state index is 11.5. The van der Waals surface area contributed by atoms with Crippen molar-refractivity contribution in [2.24, 2.45) is 0 Å². The fourth-order valence-corrected chi connectivity index (χ4v) is 3.77. The van der Waals surface area contributed by atoms with Crippen molar-refractivity contribution in [2.45, 2.75) is 36.7 Å². The molecular formula is C9H14NO2S+. The summed E-state index contributed by atoms with van der Waals surface area (Å²) in [6.07, 6.45) is 2.94. The third-order valence-corrected chi connectivity index (χ3v) is 4.45. The van der Waals surface area contributed by atoms with Gasteiger partial charge in [-0.15, -0.1) is 0 Å². The molecule has 2 unspecified atom stereocenters. The van der Waals surface area contributed by atoms with Crippen LogP contribution < -0.4 is 0 Å². The summed E-state index contributed by atoms with van der Waals surface area (Å²) in [6.45, 7) is 2.14.